The fourth-order valence-electron chi connectivity index (χ4n) is 3.58. The van der Waals surface area contributed by atoms with E-state index in [9.17, 15) is 0 Å². The molecule has 1 aromatic heterocycles. The van der Waals surface area contributed by atoms with Crippen LogP contribution in [0.5, 0.6) is 0 Å². The molecule has 132 valence electrons. The molecule has 1 fully saturated rings. The third-order valence-corrected chi connectivity index (χ3v) is 4.90. The minimum absolute atomic E-state index is 0.162. The van der Waals surface area contributed by atoms with Gasteiger partial charge in [0, 0.05) is 18.7 Å². The highest BCUT2D eigenvalue weighted by atomic mass is 16.7. The largest absolute Gasteiger partial charge is 0.383 e. The summed E-state index contributed by atoms with van der Waals surface area (Å²) < 4.78 is 11.8. The van der Waals surface area contributed by atoms with E-state index in [1.807, 2.05) is 13.8 Å². The molecule has 6 heteroatoms. The van der Waals surface area contributed by atoms with Crippen LogP contribution in [-0.4, -0.2) is 53.5 Å². The molecule has 1 aliphatic carbocycles. The van der Waals surface area contributed by atoms with E-state index in [2.05, 4.69) is 34.9 Å². The van der Waals surface area contributed by atoms with Crippen molar-refractivity contribution in [2.24, 2.45) is 5.92 Å². The zero-order valence-corrected chi connectivity index (χ0v) is 15.1. The molecular formula is C18H28N4O2. The number of fused-ring (bicyclic) bond motifs is 1. The first kappa shape index (κ1) is 17.3. The van der Waals surface area contributed by atoms with Crippen LogP contribution in [0.2, 0.25) is 0 Å². The lowest BCUT2D eigenvalue weighted by molar-refractivity contribution is -0.145. The summed E-state index contributed by atoms with van der Waals surface area (Å²) in [6.45, 7) is 8.67. The fourth-order valence-corrected chi connectivity index (χ4v) is 3.58. The van der Waals surface area contributed by atoms with Crippen molar-refractivity contribution in [1.29, 1.82) is 0 Å². The van der Waals surface area contributed by atoms with E-state index in [1.165, 1.54) is 5.57 Å². The highest BCUT2D eigenvalue weighted by Crippen LogP contribution is 2.31. The quantitative estimate of drug-likeness (QED) is 0.860. The van der Waals surface area contributed by atoms with Gasteiger partial charge in [-0.2, -0.15) is 0 Å². The Balaban J connectivity index is 1.60. The lowest BCUT2D eigenvalue weighted by Crippen LogP contribution is -2.35. The zero-order valence-electron chi connectivity index (χ0n) is 15.1. The van der Waals surface area contributed by atoms with Crippen molar-refractivity contribution < 1.29 is 9.47 Å². The van der Waals surface area contributed by atoms with Crippen molar-refractivity contribution >= 4 is 11.4 Å². The standard InChI is InChI=1S/C18H28N4O2/c1-5-12(15-10-23-18(2,3)24-15)8-22(4)9-13-6-7-14-16(13)20-11-21-17(14)19/h6,11-12,15H,5,7-10H2,1-4H3,(H2,19,20,21)/t12-,15-/m0/s1. The summed E-state index contributed by atoms with van der Waals surface area (Å²) in [5.41, 5.74) is 9.24. The molecule has 2 heterocycles. The maximum absolute atomic E-state index is 6.04. The Morgan fingerprint density at radius 2 is 2.21 bits per heavy atom. The van der Waals surface area contributed by atoms with Crippen molar-refractivity contribution in [1.82, 2.24) is 14.9 Å². The minimum Gasteiger partial charge on any atom is -0.383 e. The first-order chi connectivity index (χ1) is 11.4. The molecule has 0 aromatic carbocycles. The van der Waals surface area contributed by atoms with E-state index >= 15 is 0 Å². The van der Waals surface area contributed by atoms with Gasteiger partial charge in [0.25, 0.3) is 0 Å². The van der Waals surface area contributed by atoms with Crippen LogP contribution in [0, 0.1) is 5.92 Å². The van der Waals surface area contributed by atoms with Crippen molar-refractivity contribution in [3.05, 3.63) is 23.7 Å². The van der Waals surface area contributed by atoms with Crippen LogP contribution in [-0.2, 0) is 15.9 Å². The number of rotatable bonds is 6. The first-order valence-electron chi connectivity index (χ1n) is 8.68. The average Bonchev–Trinajstić information content (AvgIpc) is 3.09. The third kappa shape index (κ3) is 3.61. The van der Waals surface area contributed by atoms with Gasteiger partial charge in [0.05, 0.1) is 18.4 Å². The number of hydrogen-bond donors (Lipinski definition) is 1. The molecule has 1 saturated heterocycles. The van der Waals surface area contributed by atoms with Crippen LogP contribution in [0.3, 0.4) is 0 Å². The summed E-state index contributed by atoms with van der Waals surface area (Å²) in [5, 5.41) is 0. The molecule has 0 radical (unpaired) electrons. The second kappa shape index (κ2) is 6.78. The lowest BCUT2D eigenvalue weighted by Gasteiger charge is -2.28. The number of ether oxygens (including phenoxy) is 2. The first-order valence-corrected chi connectivity index (χ1v) is 8.68. The molecule has 0 bridgehead atoms. The second-order valence-corrected chi connectivity index (χ2v) is 7.25. The summed E-state index contributed by atoms with van der Waals surface area (Å²) in [7, 11) is 2.15. The zero-order chi connectivity index (χ0) is 17.3. The number of nitrogen functional groups attached to an aromatic ring is 1. The predicted octanol–water partition coefficient (Wildman–Crippen LogP) is 2.11. The molecule has 2 aliphatic rings. The van der Waals surface area contributed by atoms with E-state index in [4.69, 9.17) is 15.2 Å². The molecule has 6 nitrogen and oxygen atoms in total. The number of allylic oxidation sites excluding steroid dienone is 1. The summed E-state index contributed by atoms with van der Waals surface area (Å²) in [6.07, 6.45) is 5.82. The number of hydrogen-bond acceptors (Lipinski definition) is 6. The minimum atomic E-state index is -0.460. The highest BCUT2D eigenvalue weighted by Gasteiger charge is 2.37. The molecule has 0 unspecified atom stereocenters. The summed E-state index contributed by atoms with van der Waals surface area (Å²) >= 11 is 0. The van der Waals surface area contributed by atoms with Gasteiger partial charge in [0.2, 0.25) is 0 Å². The highest BCUT2D eigenvalue weighted by molar-refractivity contribution is 5.74. The Hall–Kier alpha value is -1.50. The second-order valence-electron chi connectivity index (χ2n) is 7.25. The molecule has 2 N–H and O–H groups in total. The van der Waals surface area contributed by atoms with Gasteiger partial charge in [-0.1, -0.05) is 13.0 Å². The van der Waals surface area contributed by atoms with Gasteiger partial charge >= 0.3 is 0 Å². The average molecular weight is 332 g/mol. The van der Waals surface area contributed by atoms with Gasteiger partial charge in [0.15, 0.2) is 5.79 Å². The van der Waals surface area contributed by atoms with Crippen molar-refractivity contribution in [3.63, 3.8) is 0 Å². The molecule has 0 saturated carbocycles. The molecule has 24 heavy (non-hydrogen) atoms. The van der Waals surface area contributed by atoms with Crippen LogP contribution >= 0.6 is 0 Å². The van der Waals surface area contributed by atoms with Crippen molar-refractivity contribution in [2.45, 2.75) is 45.5 Å². The Morgan fingerprint density at radius 3 is 2.88 bits per heavy atom. The summed E-state index contributed by atoms with van der Waals surface area (Å²) in [6, 6.07) is 0. The van der Waals surface area contributed by atoms with E-state index in [1.54, 1.807) is 6.33 Å². The molecule has 0 spiro atoms. The molecule has 0 amide bonds. The maximum atomic E-state index is 6.04. The van der Waals surface area contributed by atoms with Crippen LogP contribution in [0.25, 0.3) is 5.57 Å². The Kier molecular flexibility index (Phi) is 4.90. The van der Waals surface area contributed by atoms with Crippen LogP contribution in [0.4, 0.5) is 5.82 Å². The van der Waals surface area contributed by atoms with Crippen LogP contribution < -0.4 is 5.73 Å². The number of aromatic nitrogens is 2. The van der Waals surface area contributed by atoms with Crippen molar-refractivity contribution in [3.8, 4) is 0 Å². The van der Waals surface area contributed by atoms with E-state index in [0.717, 1.165) is 37.2 Å². The van der Waals surface area contributed by atoms with Gasteiger partial charge in [0.1, 0.15) is 12.1 Å². The third-order valence-electron chi connectivity index (χ3n) is 4.90. The topological polar surface area (TPSA) is 73.5 Å². The van der Waals surface area contributed by atoms with Crippen LogP contribution in [0.1, 0.15) is 38.4 Å². The maximum Gasteiger partial charge on any atom is 0.163 e. The monoisotopic (exact) mass is 332 g/mol. The Morgan fingerprint density at radius 1 is 1.42 bits per heavy atom. The van der Waals surface area contributed by atoms with Gasteiger partial charge in [-0.15, -0.1) is 0 Å². The Bertz CT molecular complexity index is 629. The normalized spacial score (nSPS) is 23.4. The van der Waals surface area contributed by atoms with Gasteiger partial charge in [-0.05, 0) is 45.2 Å². The summed E-state index contributed by atoms with van der Waals surface area (Å²) in [4.78, 5) is 10.8. The lowest BCUT2D eigenvalue weighted by atomic mass is 9.99. The molecule has 1 aliphatic heterocycles. The van der Waals surface area contributed by atoms with E-state index in [-0.39, 0.29) is 6.10 Å². The van der Waals surface area contributed by atoms with Crippen LogP contribution in [0.15, 0.2) is 12.4 Å². The predicted molar refractivity (Wildman–Crippen MR) is 94.3 cm³/mol. The Labute approximate surface area is 144 Å². The van der Waals surface area contributed by atoms with Gasteiger partial charge in [-0.3, -0.25) is 0 Å². The molecule has 1 aromatic rings. The van der Waals surface area contributed by atoms with Crippen molar-refractivity contribution in [2.75, 3.05) is 32.5 Å². The van der Waals surface area contributed by atoms with Gasteiger partial charge < -0.3 is 20.1 Å². The number of anilines is 1. The molecule has 2 atom stereocenters. The SMILES string of the molecule is CC[C@@H](CN(C)CC1=CCc2c(N)ncnc21)[C@@H]1COC(C)(C)O1. The number of nitrogens with two attached hydrogens (primary N) is 1. The van der Waals surface area contributed by atoms with E-state index in [0.29, 0.717) is 18.3 Å². The molecule has 3 rings (SSSR count). The summed E-state index contributed by atoms with van der Waals surface area (Å²) in [5.74, 6) is 0.589. The van der Waals surface area contributed by atoms with E-state index < -0.39 is 5.79 Å². The van der Waals surface area contributed by atoms with Gasteiger partial charge in [-0.25, -0.2) is 9.97 Å². The number of nitrogens with zero attached hydrogens (tertiary/aromatic N) is 3. The fraction of sp³-hybridized carbons (Fsp3) is 0.667. The smallest absolute Gasteiger partial charge is 0.163 e. The number of likely N-dealkylation sites (N-methyl/N-ethyl adjacent to an activating group) is 1. The molecular weight excluding hydrogens is 304 g/mol.